The van der Waals surface area contributed by atoms with Crippen LogP contribution in [0.1, 0.15) is 155 Å². The fourth-order valence-electron chi connectivity index (χ4n) is 11.9. The Morgan fingerprint density at radius 3 is 2.32 bits per heavy atom. The van der Waals surface area contributed by atoms with Crippen molar-refractivity contribution in [2.45, 2.75) is 160 Å². The highest BCUT2D eigenvalue weighted by molar-refractivity contribution is 8.76. The van der Waals surface area contributed by atoms with Gasteiger partial charge in [0.15, 0.2) is 27.1 Å². The molecule has 7 rings (SSSR count). The van der Waals surface area contributed by atoms with Gasteiger partial charge in [0.1, 0.15) is 59.8 Å². The summed E-state index contributed by atoms with van der Waals surface area (Å²) < 4.78 is 29.9. The van der Waals surface area contributed by atoms with E-state index < -0.39 is 100.0 Å². The van der Waals surface area contributed by atoms with E-state index in [4.69, 9.17) is 43.3 Å². The van der Waals surface area contributed by atoms with Crippen LogP contribution in [0.3, 0.4) is 0 Å². The summed E-state index contributed by atoms with van der Waals surface area (Å²) in [5, 5.41) is 51.8. The van der Waals surface area contributed by atoms with Crippen LogP contribution in [0.15, 0.2) is 77.4 Å². The first-order valence-electron chi connectivity index (χ1n) is 33.7. The molecule has 3 aliphatic rings. The molecule has 1 fully saturated rings. The van der Waals surface area contributed by atoms with Crippen molar-refractivity contribution in [1.29, 1.82) is 0 Å². The van der Waals surface area contributed by atoms with E-state index in [9.17, 15) is 58.5 Å². The van der Waals surface area contributed by atoms with E-state index in [0.717, 1.165) is 52.3 Å². The Kier molecular flexibility index (Phi) is 34.0. The van der Waals surface area contributed by atoms with Gasteiger partial charge in [-0.05, 0) is 93.7 Å². The van der Waals surface area contributed by atoms with E-state index in [1.807, 2.05) is 49.5 Å². The third-order valence-corrected chi connectivity index (χ3v) is 21.1. The number of aliphatic carboxylic acids is 3. The molecule has 12 N–H and O–H groups in total. The van der Waals surface area contributed by atoms with Gasteiger partial charge in [0, 0.05) is 99.1 Å². The summed E-state index contributed by atoms with van der Waals surface area (Å²) in [7, 11) is 3.19. The summed E-state index contributed by atoms with van der Waals surface area (Å²) >= 11 is 0. The number of nitrogen functional groups attached to an aromatic ring is 1. The Labute approximate surface area is 610 Å². The number of unbranched alkanes of at least 4 members (excludes halogenated alkanes) is 2. The molecule has 2 aromatic carbocycles. The number of aliphatic hydroxyl groups is 1. The van der Waals surface area contributed by atoms with Crippen molar-refractivity contribution in [2.24, 2.45) is 10.9 Å². The largest absolute Gasteiger partial charge is 0.481 e. The predicted molar refractivity (Wildman–Crippen MR) is 393 cm³/mol. The minimum atomic E-state index is -1.87. The highest BCUT2D eigenvalue weighted by Gasteiger charge is 2.41. The van der Waals surface area contributed by atoms with Gasteiger partial charge in [-0.15, -0.1) is 0 Å². The molecule has 0 bridgehead atoms. The van der Waals surface area contributed by atoms with Crippen LogP contribution in [-0.4, -0.2) is 185 Å². The molecule has 6 amide bonds. The summed E-state index contributed by atoms with van der Waals surface area (Å²) in [6.45, 7) is 9.32. The maximum atomic E-state index is 14.6. The van der Waals surface area contributed by atoms with E-state index in [0.29, 0.717) is 59.5 Å². The highest BCUT2D eigenvalue weighted by atomic mass is 33.1. The number of aromatic nitrogens is 3. The number of hydrogen-bond donors (Lipinski definition) is 11. The summed E-state index contributed by atoms with van der Waals surface area (Å²) in [6.07, 6.45) is 7.30. The molecule has 0 spiro atoms. The number of nitrogens with zero attached hydrogens (tertiary/aromatic N) is 5. The maximum absolute atomic E-state index is 14.6. The third-order valence-electron chi connectivity index (χ3n) is 16.9. The number of amides is 6. The zero-order chi connectivity index (χ0) is 74.5. The quantitative estimate of drug-likeness (QED) is 0.00954. The van der Waals surface area contributed by atoms with Crippen LogP contribution in [0.2, 0.25) is 0 Å². The van der Waals surface area contributed by atoms with Crippen LogP contribution in [0.5, 0.6) is 5.75 Å². The van der Waals surface area contributed by atoms with Gasteiger partial charge < -0.3 is 81.1 Å². The highest BCUT2D eigenvalue weighted by Crippen LogP contribution is 2.50. The number of nitrogens with two attached hydrogens (primary N) is 1. The van der Waals surface area contributed by atoms with Crippen molar-refractivity contribution in [3.05, 3.63) is 106 Å². The number of ether oxygens (including phenoxy) is 2. The first kappa shape index (κ1) is 82.6. The van der Waals surface area contributed by atoms with Gasteiger partial charge in [0.05, 0.1) is 48.8 Å². The lowest BCUT2D eigenvalue weighted by atomic mass is 9.72. The average molecular weight is 1520 g/mol. The molecule has 2 aliphatic heterocycles. The second kappa shape index (κ2) is 42.3. The lowest BCUT2D eigenvalue weighted by Crippen LogP contribution is -2.52. The van der Waals surface area contributed by atoms with Crippen LogP contribution in [0.4, 0.5) is 5.82 Å². The Hall–Kier alpha value is -7.65. The number of anilines is 1. The summed E-state index contributed by atoms with van der Waals surface area (Å²) in [4.78, 5) is 139. The number of nitrogens with one attached hydrogen (secondary N) is 5. The van der Waals surface area contributed by atoms with E-state index in [2.05, 4.69) is 75.1 Å². The van der Waals surface area contributed by atoms with E-state index in [-0.39, 0.29) is 119 Å². The van der Waals surface area contributed by atoms with Crippen LogP contribution in [0.25, 0.3) is 11.0 Å². The Balaban J connectivity index is 0.915. The van der Waals surface area contributed by atoms with Crippen molar-refractivity contribution in [3.63, 3.8) is 0 Å². The molecule has 1 saturated heterocycles. The number of aliphatic hydroxyl groups excluding tert-OH is 1. The molecule has 35 heteroatoms. The minimum absolute atomic E-state index is 0.00811. The van der Waals surface area contributed by atoms with E-state index in [1.54, 1.807) is 22.7 Å². The van der Waals surface area contributed by atoms with Crippen molar-refractivity contribution >= 4 is 125 Å². The van der Waals surface area contributed by atoms with Crippen LogP contribution in [0, 0.1) is 24.7 Å². The summed E-state index contributed by atoms with van der Waals surface area (Å²) in [5.41, 5.74) is 13.8. The molecular formula is C68H90N11O19P3S2. The number of benzene rings is 2. The number of hydrogen-bond acceptors (Lipinski definition) is 22. The molecule has 4 aromatic rings. The Morgan fingerprint density at radius 2 is 1.58 bits per heavy atom. The molecule has 11 atom stereocenters. The second-order valence-electron chi connectivity index (χ2n) is 24.5. The first-order valence-corrected chi connectivity index (χ1v) is 38.7. The van der Waals surface area contributed by atoms with Crippen molar-refractivity contribution < 1.29 is 91.1 Å². The van der Waals surface area contributed by atoms with E-state index >= 15 is 0 Å². The van der Waals surface area contributed by atoms with Gasteiger partial charge in [-0.2, -0.15) is 0 Å². The third kappa shape index (κ3) is 25.0. The Morgan fingerprint density at radius 1 is 0.845 bits per heavy atom. The Bertz CT molecular complexity index is 3830. The minimum Gasteiger partial charge on any atom is -0.481 e. The first-order chi connectivity index (χ1) is 49.5. The lowest BCUT2D eigenvalue weighted by Gasteiger charge is -2.38. The van der Waals surface area contributed by atoms with Crippen molar-refractivity contribution in [2.75, 3.05) is 57.1 Å². The topological polar surface area (TPSA) is 433 Å². The smallest absolute Gasteiger partial charge is 0.326 e. The summed E-state index contributed by atoms with van der Waals surface area (Å²) in [6, 6.07) is 7.41. The number of fused-ring (bicyclic) bond motifs is 3. The van der Waals surface area contributed by atoms with Gasteiger partial charge in [0.2, 0.25) is 29.5 Å². The molecule has 103 heavy (non-hydrogen) atoms. The molecule has 2 aromatic heterocycles. The van der Waals surface area contributed by atoms with Crippen LogP contribution < -0.4 is 37.1 Å². The molecule has 558 valence electrons. The zero-order valence-corrected chi connectivity index (χ0v) is 62.5. The molecular weight excluding hydrogens is 1430 g/mol. The second-order valence-corrected chi connectivity index (χ2v) is 29.6. The molecule has 30 nitrogen and oxygen atoms in total. The van der Waals surface area contributed by atoms with Gasteiger partial charge in [-0.25, -0.2) is 14.8 Å². The number of allylic oxidation sites excluding steroid dienone is 3. The number of carbonyl (C=O) groups excluding carboxylic acids is 6. The van der Waals surface area contributed by atoms with Crippen molar-refractivity contribution in [1.82, 2.24) is 46.0 Å². The number of carbonyl (C=O) groups is 9. The van der Waals surface area contributed by atoms with Crippen molar-refractivity contribution in [3.8, 4) is 17.6 Å². The van der Waals surface area contributed by atoms with Gasteiger partial charge in [-0.1, -0.05) is 83.5 Å². The lowest BCUT2D eigenvalue weighted by molar-refractivity contribution is -0.148. The SMILES string of the molecule is CCCc1cc2c(cc1C)C(c1ccccc1C(=O)N(C)CCCC(=O)NC(CCCSSCCC(=O)NCC#Cc1cn([C@H]3CC(O)[C@@H](COPOPOPO)O3)c3ncnc(N)c13)C(=O)NCCCCCC(=O)NC(CC(=O)O)C(=O)NC(CC(=O)O)C(=O)O)C1C=C(C)C(=NCC)C=C1O2. The zero-order valence-electron chi connectivity index (χ0n) is 57.8. The van der Waals surface area contributed by atoms with E-state index in [1.165, 1.54) is 33.5 Å². The number of aliphatic imine (C=N–C) groups is 1. The van der Waals surface area contributed by atoms with Gasteiger partial charge >= 0.3 is 17.9 Å². The normalized spacial score (nSPS) is 18.3. The predicted octanol–water partition coefficient (Wildman–Crippen LogP) is 6.67. The fourth-order valence-corrected chi connectivity index (χ4v) is 15.3. The average Bonchev–Trinajstić information content (AvgIpc) is 0.812. The van der Waals surface area contributed by atoms with Gasteiger partial charge in [0.25, 0.3) is 5.91 Å². The number of rotatable bonds is 42. The monoisotopic (exact) mass is 1520 g/mol. The summed E-state index contributed by atoms with van der Waals surface area (Å²) in [5.74, 6) is 0.371. The standard InChI is InChI=1S/C68H90N11O19P3S2/c1-6-16-41-31-52-45(29-39(41)3)62(46-30-40(4)48(70-7-2)32-53(46)95-52)43-18-10-11-19-44(43)67(90)78(5)26-14-22-57(83)75-47(65(88)72-24-12-8-9-21-56(82)76-49(33-59(84)85)66(89)77-50(68(91)92)34-60(86)87)20-15-27-102-103-28-23-55(81)71-25-13-17-42-36-79(64-61(42)63(69)73-38-74-64)58-35-51(80)54(96-58)37-94-100-98-101-97-99-93/h10-11,18-19,29-32,36,38,46-47,49-51,54,58,62,80,93,99-101H,6-9,12,14-16,20-28,33-35,37H2,1-5H3,(H,71,81)(H,72,88)(H,75,83)(H,76,82)(H,77,89)(H,84,85)(H,86,87)(H,91,92)(H2,69,73,74)/t46?,47?,49?,50?,51?,54-,58-,62?/m1/s1. The van der Waals surface area contributed by atoms with Crippen LogP contribution >= 0.6 is 48.7 Å². The number of carboxylic acid groups (broad SMARTS) is 3. The number of aryl methyl sites for hydroxylation is 2. The number of carboxylic acids is 3. The molecule has 0 radical (unpaired) electrons. The molecule has 4 heterocycles. The van der Waals surface area contributed by atoms with Crippen LogP contribution in [-0.2, 0) is 62.7 Å². The molecule has 9 unspecified atom stereocenters. The fraction of sp³-hybridized carbons (Fsp3) is 0.500. The van der Waals surface area contributed by atoms with Gasteiger partial charge in [-0.3, -0.25) is 52.0 Å². The molecule has 0 saturated carbocycles. The maximum Gasteiger partial charge on any atom is 0.326 e. The molecule has 1 aliphatic carbocycles.